The van der Waals surface area contributed by atoms with Gasteiger partial charge in [0, 0.05) is 23.8 Å². The molecular formula is C16H19BrN6O2. The number of nitrogens with zero attached hydrogens (tertiary/aromatic N) is 5. The predicted molar refractivity (Wildman–Crippen MR) is 95.1 cm³/mol. The van der Waals surface area contributed by atoms with E-state index in [1.165, 1.54) is 4.90 Å². The van der Waals surface area contributed by atoms with Crippen molar-refractivity contribution in [2.75, 3.05) is 38.5 Å². The fraction of sp³-hybridized carbons (Fsp3) is 0.438. The van der Waals surface area contributed by atoms with E-state index in [0.717, 1.165) is 4.47 Å². The van der Waals surface area contributed by atoms with Gasteiger partial charge in [-0.05, 0) is 35.1 Å². The minimum Gasteiger partial charge on any atom is -0.340 e. The van der Waals surface area contributed by atoms with Gasteiger partial charge in [0.2, 0.25) is 11.8 Å². The lowest BCUT2D eigenvalue weighted by Gasteiger charge is -2.23. The topological polar surface area (TPSA) is 113 Å². The second kappa shape index (κ2) is 11.1. The van der Waals surface area contributed by atoms with Gasteiger partial charge in [0.05, 0.1) is 38.1 Å². The number of carbonyl (C=O) groups is 2. The van der Waals surface area contributed by atoms with Crippen LogP contribution < -0.4 is 5.32 Å². The van der Waals surface area contributed by atoms with Crippen LogP contribution in [0.1, 0.15) is 12.8 Å². The Labute approximate surface area is 155 Å². The van der Waals surface area contributed by atoms with E-state index in [1.54, 1.807) is 30.3 Å². The number of rotatable bonds is 9. The summed E-state index contributed by atoms with van der Waals surface area (Å²) in [6.07, 6.45) is 1.98. The molecular weight excluding hydrogens is 388 g/mol. The molecule has 0 fully saturated rings. The molecule has 2 amide bonds. The number of aromatic nitrogens is 1. The van der Waals surface area contributed by atoms with Crippen molar-refractivity contribution in [2.45, 2.75) is 12.8 Å². The third-order valence-corrected chi connectivity index (χ3v) is 3.62. The fourth-order valence-electron chi connectivity index (χ4n) is 2.00. The van der Waals surface area contributed by atoms with Gasteiger partial charge in [-0.15, -0.1) is 0 Å². The highest BCUT2D eigenvalue weighted by molar-refractivity contribution is 9.10. The van der Waals surface area contributed by atoms with Crippen LogP contribution in [-0.2, 0) is 9.59 Å². The van der Waals surface area contributed by atoms with E-state index in [-0.39, 0.29) is 50.8 Å². The van der Waals surface area contributed by atoms with Crippen molar-refractivity contribution in [3.63, 3.8) is 0 Å². The number of hydrogen-bond donors (Lipinski definition) is 1. The van der Waals surface area contributed by atoms with Crippen molar-refractivity contribution < 1.29 is 9.59 Å². The molecule has 0 atom stereocenters. The summed E-state index contributed by atoms with van der Waals surface area (Å²) in [4.78, 5) is 31.3. The maximum atomic E-state index is 12.3. The van der Waals surface area contributed by atoms with E-state index in [2.05, 4.69) is 26.2 Å². The Morgan fingerprint density at radius 2 is 1.84 bits per heavy atom. The van der Waals surface area contributed by atoms with Crippen LogP contribution in [0.25, 0.3) is 0 Å². The molecule has 8 nitrogen and oxygen atoms in total. The average Bonchev–Trinajstić information content (AvgIpc) is 2.56. The first kappa shape index (κ1) is 20.6. The number of pyridine rings is 1. The lowest BCUT2D eigenvalue weighted by atomic mass is 10.3. The molecule has 1 aromatic rings. The molecule has 0 bridgehead atoms. The zero-order valence-corrected chi connectivity index (χ0v) is 15.5. The zero-order valence-electron chi connectivity index (χ0n) is 13.9. The van der Waals surface area contributed by atoms with Crippen LogP contribution in [0, 0.1) is 22.7 Å². The van der Waals surface area contributed by atoms with Crippen LogP contribution >= 0.6 is 15.9 Å². The molecule has 25 heavy (non-hydrogen) atoms. The van der Waals surface area contributed by atoms with E-state index in [4.69, 9.17) is 10.5 Å². The summed E-state index contributed by atoms with van der Waals surface area (Å²) in [6.45, 7) is 0.603. The number of amides is 2. The lowest BCUT2D eigenvalue weighted by Crippen LogP contribution is -2.42. The molecule has 0 aliphatic heterocycles. The number of anilines is 1. The number of carbonyl (C=O) groups excluding carboxylic acids is 2. The highest BCUT2D eigenvalue weighted by Gasteiger charge is 2.17. The van der Waals surface area contributed by atoms with Crippen LogP contribution in [0.5, 0.6) is 0 Å². The Bertz CT molecular complexity index is 647. The van der Waals surface area contributed by atoms with Gasteiger partial charge in [-0.3, -0.25) is 14.5 Å². The maximum Gasteiger partial charge on any atom is 0.239 e. The van der Waals surface area contributed by atoms with Gasteiger partial charge >= 0.3 is 0 Å². The Morgan fingerprint density at radius 3 is 2.36 bits per heavy atom. The monoisotopic (exact) mass is 406 g/mol. The summed E-state index contributed by atoms with van der Waals surface area (Å²) in [6, 6.07) is 7.39. The van der Waals surface area contributed by atoms with E-state index >= 15 is 0 Å². The van der Waals surface area contributed by atoms with Crippen molar-refractivity contribution >= 4 is 33.6 Å². The molecule has 0 aromatic carbocycles. The first-order valence-electron chi connectivity index (χ1n) is 7.58. The molecule has 0 spiro atoms. The van der Waals surface area contributed by atoms with Gasteiger partial charge in [-0.1, -0.05) is 0 Å². The highest BCUT2D eigenvalue weighted by atomic mass is 79.9. The predicted octanol–water partition coefficient (Wildman–Crippen LogP) is 1.37. The number of halogens is 1. The van der Waals surface area contributed by atoms with Gasteiger partial charge in [0.15, 0.2) is 0 Å². The molecule has 1 rings (SSSR count). The van der Waals surface area contributed by atoms with Crippen molar-refractivity contribution in [2.24, 2.45) is 0 Å². The summed E-state index contributed by atoms with van der Waals surface area (Å²) in [5.41, 5.74) is 0. The van der Waals surface area contributed by atoms with E-state index < -0.39 is 0 Å². The van der Waals surface area contributed by atoms with Gasteiger partial charge in [0.25, 0.3) is 0 Å². The Hall–Kier alpha value is -2.49. The number of hydrogen-bond acceptors (Lipinski definition) is 6. The molecule has 1 aromatic heterocycles. The van der Waals surface area contributed by atoms with Gasteiger partial charge in [-0.25, -0.2) is 4.98 Å². The summed E-state index contributed by atoms with van der Waals surface area (Å²) in [5.74, 6) is -0.0779. The summed E-state index contributed by atoms with van der Waals surface area (Å²) in [5, 5.41) is 20.0. The van der Waals surface area contributed by atoms with Crippen LogP contribution in [0.2, 0.25) is 0 Å². The summed E-state index contributed by atoms with van der Waals surface area (Å²) >= 11 is 3.26. The largest absolute Gasteiger partial charge is 0.340 e. The minimum atomic E-state index is -0.286. The Morgan fingerprint density at radius 1 is 1.20 bits per heavy atom. The summed E-state index contributed by atoms with van der Waals surface area (Å²) < 4.78 is 0.808. The van der Waals surface area contributed by atoms with Crippen LogP contribution in [0.15, 0.2) is 22.8 Å². The standard InChI is InChI=1S/C16H19BrN6O2/c1-22(11-15(24)21-14-5-4-13(17)10-20-14)12-16(25)23(8-2-6-18)9-3-7-19/h4-5,10H,2-3,8-9,11-12H2,1H3,(H,20,21,24). The molecule has 0 saturated heterocycles. The first-order chi connectivity index (χ1) is 12.0. The second-order valence-corrected chi connectivity index (χ2v) is 6.19. The molecule has 0 aliphatic carbocycles. The third-order valence-electron chi connectivity index (χ3n) is 3.15. The maximum absolute atomic E-state index is 12.3. The molecule has 1 heterocycles. The van der Waals surface area contributed by atoms with Crippen molar-refractivity contribution in [3.8, 4) is 12.1 Å². The van der Waals surface area contributed by atoms with Crippen LogP contribution in [0.4, 0.5) is 5.82 Å². The lowest BCUT2D eigenvalue weighted by molar-refractivity contribution is -0.132. The van der Waals surface area contributed by atoms with Crippen molar-refractivity contribution in [1.29, 1.82) is 10.5 Å². The van der Waals surface area contributed by atoms with E-state index in [0.29, 0.717) is 5.82 Å². The zero-order chi connectivity index (χ0) is 18.7. The molecule has 9 heteroatoms. The molecule has 0 saturated carbocycles. The smallest absolute Gasteiger partial charge is 0.239 e. The van der Waals surface area contributed by atoms with E-state index in [9.17, 15) is 9.59 Å². The molecule has 0 aliphatic rings. The third kappa shape index (κ3) is 8.25. The van der Waals surface area contributed by atoms with Gasteiger partial charge in [0.1, 0.15) is 5.82 Å². The van der Waals surface area contributed by atoms with Gasteiger partial charge in [-0.2, -0.15) is 10.5 Å². The molecule has 0 radical (unpaired) electrons. The number of nitrogens with one attached hydrogen (secondary N) is 1. The number of nitriles is 2. The van der Waals surface area contributed by atoms with Crippen molar-refractivity contribution in [3.05, 3.63) is 22.8 Å². The average molecular weight is 407 g/mol. The minimum absolute atomic E-state index is 0.0217. The number of likely N-dealkylation sites (N-methyl/N-ethyl adjacent to an activating group) is 1. The van der Waals surface area contributed by atoms with Crippen LogP contribution in [0.3, 0.4) is 0 Å². The highest BCUT2D eigenvalue weighted by Crippen LogP contribution is 2.10. The molecule has 0 unspecified atom stereocenters. The first-order valence-corrected chi connectivity index (χ1v) is 8.37. The normalized spacial score (nSPS) is 9.96. The SMILES string of the molecule is CN(CC(=O)Nc1ccc(Br)cn1)CC(=O)N(CCC#N)CCC#N. The fourth-order valence-corrected chi connectivity index (χ4v) is 2.23. The van der Waals surface area contributed by atoms with Gasteiger partial charge < -0.3 is 10.2 Å². The molecule has 132 valence electrons. The van der Waals surface area contributed by atoms with Crippen LogP contribution in [-0.4, -0.2) is 59.8 Å². The molecule has 1 N–H and O–H groups in total. The van der Waals surface area contributed by atoms with Crippen molar-refractivity contribution in [1.82, 2.24) is 14.8 Å². The Balaban J connectivity index is 2.49. The second-order valence-electron chi connectivity index (χ2n) is 5.28. The van der Waals surface area contributed by atoms with E-state index in [1.807, 2.05) is 12.1 Å². The Kier molecular flexibility index (Phi) is 9.15. The quantitative estimate of drug-likeness (QED) is 0.662. The summed E-state index contributed by atoms with van der Waals surface area (Å²) in [7, 11) is 1.65.